The Morgan fingerprint density at radius 1 is 1.12 bits per heavy atom. The van der Waals surface area contributed by atoms with Gasteiger partial charge in [0.1, 0.15) is 11.6 Å². The summed E-state index contributed by atoms with van der Waals surface area (Å²) in [6, 6.07) is 11.4. The van der Waals surface area contributed by atoms with Gasteiger partial charge in [-0.3, -0.25) is 9.78 Å². The zero-order valence-corrected chi connectivity index (χ0v) is 22.0. The van der Waals surface area contributed by atoms with Crippen molar-refractivity contribution in [2.24, 2.45) is 5.92 Å². The maximum Gasteiger partial charge on any atom is 0.232 e. The topological polar surface area (TPSA) is 136 Å². The minimum absolute atomic E-state index is 0.194. The molecule has 1 aromatic carbocycles. The number of nitrogens with zero attached hydrogens (tertiary/aromatic N) is 4. The van der Waals surface area contributed by atoms with Gasteiger partial charge in [0, 0.05) is 38.2 Å². The van der Waals surface area contributed by atoms with Gasteiger partial charge in [0.2, 0.25) is 11.9 Å². The van der Waals surface area contributed by atoms with E-state index in [1.165, 1.54) is 12.1 Å². The van der Waals surface area contributed by atoms with E-state index in [1.54, 1.807) is 56.0 Å². The average Bonchev–Trinajstić information content (AvgIpc) is 3.40. The summed E-state index contributed by atoms with van der Waals surface area (Å²) in [5.41, 5.74) is 3.24. The number of methoxy groups -OCH3 is 1. The second kappa shape index (κ2) is 13.2. The van der Waals surface area contributed by atoms with Crippen LogP contribution in [0.15, 0.2) is 61.1 Å². The number of aromatic nitrogens is 5. The fraction of sp³-hybridized carbons (Fsp3) is 0.321. The fourth-order valence-corrected chi connectivity index (χ4v) is 4.17. The molecule has 5 rings (SSSR count). The Hall–Kier alpha value is -4.26. The van der Waals surface area contributed by atoms with Gasteiger partial charge in [-0.15, -0.1) is 0 Å². The van der Waals surface area contributed by atoms with E-state index in [2.05, 4.69) is 30.6 Å². The molecule has 1 amide bonds. The van der Waals surface area contributed by atoms with Gasteiger partial charge in [0.05, 0.1) is 54.5 Å². The van der Waals surface area contributed by atoms with Crippen LogP contribution in [0, 0.1) is 11.7 Å². The number of carbonyl (C=O) groups is 1. The highest BCUT2D eigenvalue weighted by Gasteiger charge is 2.29. The smallest absolute Gasteiger partial charge is 0.232 e. The fourth-order valence-electron chi connectivity index (χ4n) is 4.17. The van der Waals surface area contributed by atoms with Gasteiger partial charge in [0.25, 0.3) is 0 Å². The first-order valence-corrected chi connectivity index (χ1v) is 12.9. The molecular formula is C28H30FN7O4. The highest BCUT2D eigenvalue weighted by Crippen LogP contribution is 2.30. The molecule has 3 N–H and O–H groups in total. The lowest BCUT2D eigenvalue weighted by Crippen LogP contribution is -2.39. The Bertz CT molecular complexity index is 1390. The van der Waals surface area contributed by atoms with Crippen LogP contribution in [0.1, 0.15) is 12.2 Å². The number of halogens is 1. The van der Waals surface area contributed by atoms with E-state index in [4.69, 9.17) is 19.2 Å². The molecule has 1 saturated heterocycles. The summed E-state index contributed by atoms with van der Waals surface area (Å²) >= 11 is 0. The summed E-state index contributed by atoms with van der Waals surface area (Å²) in [4.78, 5) is 33.7. The third-order valence-corrected chi connectivity index (χ3v) is 6.22. The van der Waals surface area contributed by atoms with Crippen molar-refractivity contribution in [3.63, 3.8) is 0 Å². The lowest BCUT2D eigenvalue weighted by Gasteiger charge is -2.28. The van der Waals surface area contributed by atoms with Gasteiger partial charge in [-0.2, -0.15) is 0 Å². The largest absolute Gasteiger partial charge is 0.385 e. The van der Waals surface area contributed by atoms with Crippen LogP contribution in [-0.2, 0) is 25.4 Å². The Balaban J connectivity index is 1.29. The van der Waals surface area contributed by atoms with Gasteiger partial charge in [-0.25, -0.2) is 19.3 Å². The van der Waals surface area contributed by atoms with E-state index in [-0.39, 0.29) is 24.9 Å². The molecule has 0 radical (unpaired) electrons. The molecule has 1 aliphatic rings. The Kier molecular flexibility index (Phi) is 9.01. The molecule has 0 aliphatic carbocycles. The molecular weight excluding hydrogens is 517 g/mol. The van der Waals surface area contributed by atoms with Crippen LogP contribution in [0.5, 0.6) is 0 Å². The van der Waals surface area contributed by atoms with Crippen LogP contribution < -0.4 is 10.6 Å². The van der Waals surface area contributed by atoms with E-state index in [9.17, 15) is 9.18 Å². The zero-order valence-electron chi connectivity index (χ0n) is 22.0. The zero-order chi connectivity index (χ0) is 27.7. The summed E-state index contributed by atoms with van der Waals surface area (Å²) in [7, 11) is 1.66. The summed E-state index contributed by atoms with van der Waals surface area (Å²) in [5, 5.41) is 6.02. The lowest BCUT2D eigenvalue weighted by molar-refractivity contribution is -0.199. The first-order chi connectivity index (χ1) is 19.6. The molecule has 11 nitrogen and oxygen atoms in total. The normalized spacial score (nSPS) is 16.9. The molecule has 12 heteroatoms. The number of benzene rings is 1. The van der Waals surface area contributed by atoms with Crippen LogP contribution in [0.3, 0.4) is 0 Å². The van der Waals surface area contributed by atoms with Gasteiger partial charge >= 0.3 is 0 Å². The van der Waals surface area contributed by atoms with Crippen molar-refractivity contribution >= 4 is 17.5 Å². The van der Waals surface area contributed by atoms with Gasteiger partial charge in [-0.1, -0.05) is 0 Å². The van der Waals surface area contributed by atoms with Crippen molar-refractivity contribution in [1.82, 2.24) is 24.9 Å². The number of imidazole rings is 1. The van der Waals surface area contributed by atoms with Crippen molar-refractivity contribution in [2.75, 3.05) is 44.1 Å². The number of H-pyrrole nitrogens is 1. The second-order valence-electron chi connectivity index (χ2n) is 9.18. The third kappa shape index (κ3) is 7.03. The molecule has 0 bridgehead atoms. The number of ether oxygens (including phenoxy) is 3. The maximum absolute atomic E-state index is 13.6. The molecule has 1 aliphatic heterocycles. The predicted molar refractivity (Wildman–Crippen MR) is 146 cm³/mol. The number of amides is 1. The predicted octanol–water partition coefficient (Wildman–Crippen LogP) is 3.69. The molecule has 0 unspecified atom stereocenters. The van der Waals surface area contributed by atoms with E-state index >= 15 is 0 Å². The Labute approximate surface area is 230 Å². The van der Waals surface area contributed by atoms with Gasteiger partial charge in [-0.05, 0) is 48.9 Å². The first-order valence-electron chi connectivity index (χ1n) is 12.9. The SMILES string of the molecule is COCCCNc1nccc(-c2[nH]c(CC3OCC(C(=O)Nc4cccnc4)CO3)nc2-c2ccc(F)cc2)n1. The lowest BCUT2D eigenvalue weighted by atomic mass is 10.1. The summed E-state index contributed by atoms with van der Waals surface area (Å²) < 4.78 is 30.5. The molecule has 0 spiro atoms. The van der Waals surface area contributed by atoms with Crippen LogP contribution in [0.4, 0.5) is 16.0 Å². The quantitative estimate of drug-likeness (QED) is 0.240. The molecule has 0 saturated carbocycles. The third-order valence-electron chi connectivity index (χ3n) is 6.22. The summed E-state index contributed by atoms with van der Waals surface area (Å²) in [6.45, 7) is 1.71. The molecule has 4 heterocycles. The molecule has 1 fully saturated rings. The van der Waals surface area contributed by atoms with E-state index < -0.39 is 12.2 Å². The number of hydrogen-bond acceptors (Lipinski definition) is 9. The van der Waals surface area contributed by atoms with Gasteiger partial charge in [0.15, 0.2) is 6.29 Å². The number of nitrogens with one attached hydrogen (secondary N) is 3. The molecule has 40 heavy (non-hydrogen) atoms. The van der Waals surface area contributed by atoms with Crippen molar-refractivity contribution in [3.05, 3.63) is 72.7 Å². The standard InChI is InChI=1S/C28H30FN7O4/c1-38-13-3-11-31-28-32-12-9-22(34-28)26-25(18-5-7-20(29)8-6-18)35-23(36-26)14-24-39-16-19(17-40-24)27(37)33-21-4-2-10-30-15-21/h2,4-10,12,15,19,24H,3,11,13-14,16-17H2,1H3,(H,33,37)(H,35,36)(H,31,32,34). The number of pyridine rings is 1. The first kappa shape index (κ1) is 27.3. The minimum atomic E-state index is -0.592. The van der Waals surface area contributed by atoms with Crippen molar-refractivity contribution in [2.45, 2.75) is 19.1 Å². The van der Waals surface area contributed by atoms with Crippen LogP contribution in [-0.4, -0.2) is 70.6 Å². The minimum Gasteiger partial charge on any atom is -0.385 e. The van der Waals surface area contributed by atoms with Crippen molar-refractivity contribution in [3.8, 4) is 22.6 Å². The molecule has 4 aromatic rings. The van der Waals surface area contributed by atoms with Gasteiger partial charge < -0.3 is 29.8 Å². The van der Waals surface area contributed by atoms with E-state index in [0.29, 0.717) is 54.1 Å². The average molecular weight is 548 g/mol. The van der Waals surface area contributed by atoms with Crippen LogP contribution >= 0.6 is 0 Å². The molecule has 0 atom stereocenters. The number of rotatable bonds is 11. The number of aromatic amines is 1. The van der Waals surface area contributed by atoms with E-state index in [1.807, 2.05) is 0 Å². The monoisotopic (exact) mass is 547 g/mol. The molecule has 208 valence electrons. The highest BCUT2D eigenvalue weighted by atomic mass is 19.1. The van der Waals surface area contributed by atoms with Crippen LogP contribution in [0.25, 0.3) is 22.6 Å². The van der Waals surface area contributed by atoms with Crippen molar-refractivity contribution < 1.29 is 23.4 Å². The maximum atomic E-state index is 13.6. The van der Waals surface area contributed by atoms with Crippen LogP contribution in [0.2, 0.25) is 0 Å². The summed E-state index contributed by atoms with van der Waals surface area (Å²) in [6.07, 6.45) is 5.42. The molecule has 3 aromatic heterocycles. The van der Waals surface area contributed by atoms with E-state index in [0.717, 1.165) is 12.0 Å². The second-order valence-corrected chi connectivity index (χ2v) is 9.18. The number of anilines is 2. The van der Waals surface area contributed by atoms with Crippen molar-refractivity contribution in [1.29, 1.82) is 0 Å². The number of carbonyl (C=O) groups excluding carboxylic acids is 1. The Morgan fingerprint density at radius 2 is 1.95 bits per heavy atom. The Morgan fingerprint density at radius 3 is 2.70 bits per heavy atom. The number of hydrogen-bond donors (Lipinski definition) is 3. The highest BCUT2D eigenvalue weighted by molar-refractivity contribution is 5.92. The summed E-state index contributed by atoms with van der Waals surface area (Å²) in [5.74, 6) is 0.0990.